The minimum Gasteiger partial charge on any atom is -0.429 e. The maximum atomic E-state index is 11.2. The van der Waals surface area contributed by atoms with Crippen molar-refractivity contribution in [1.29, 1.82) is 0 Å². The summed E-state index contributed by atoms with van der Waals surface area (Å²) in [5.74, 6) is -0.410. The van der Waals surface area contributed by atoms with Crippen molar-refractivity contribution < 1.29 is 14.3 Å². The van der Waals surface area contributed by atoms with Gasteiger partial charge in [0, 0.05) is 13.2 Å². The van der Waals surface area contributed by atoms with E-state index in [4.69, 9.17) is 4.74 Å². The Morgan fingerprint density at radius 2 is 2.31 bits per heavy atom. The number of amides is 2. The Labute approximate surface area is 74.3 Å². The van der Waals surface area contributed by atoms with Gasteiger partial charge >= 0.3 is 6.09 Å². The molecule has 5 nitrogen and oxygen atoms in total. The molecule has 13 heavy (non-hydrogen) atoms. The van der Waals surface area contributed by atoms with Gasteiger partial charge in [-0.15, -0.1) is 0 Å². The van der Waals surface area contributed by atoms with Crippen molar-refractivity contribution in [2.75, 3.05) is 0 Å². The fourth-order valence-electron chi connectivity index (χ4n) is 1.30. The fraction of sp³-hybridized carbons (Fsp3) is 0.250. The van der Waals surface area contributed by atoms with Crippen LogP contribution in [0.15, 0.2) is 18.3 Å². The summed E-state index contributed by atoms with van der Waals surface area (Å²) in [6.45, 7) is 0. The van der Waals surface area contributed by atoms with Gasteiger partial charge in [-0.2, -0.15) is 0 Å². The average molecular weight is 180 g/mol. The molecule has 1 N–H and O–H groups in total. The molecule has 0 aromatic carbocycles. The molecule has 2 rings (SSSR count). The van der Waals surface area contributed by atoms with Crippen LogP contribution in [0.1, 0.15) is 11.8 Å². The van der Waals surface area contributed by atoms with Crippen LogP contribution in [-0.2, 0) is 16.6 Å². The number of carbonyl (C=O) groups is 2. The Balaban J connectivity index is 2.32. The number of imide groups is 1. The average Bonchev–Trinajstić information content (AvgIpc) is 2.58. The van der Waals surface area contributed by atoms with Crippen LogP contribution in [0.2, 0.25) is 0 Å². The van der Waals surface area contributed by atoms with Crippen molar-refractivity contribution in [3.63, 3.8) is 0 Å². The van der Waals surface area contributed by atoms with E-state index in [1.54, 1.807) is 29.9 Å². The van der Waals surface area contributed by atoms with Gasteiger partial charge in [0.1, 0.15) is 0 Å². The third kappa shape index (κ3) is 1.18. The topological polar surface area (TPSA) is 60.3 Å². The molecule has 1 aromatic heterocycles. The zero-order valence-corrected chi connectivity index (χ0v) is 6.98. The Hall–Kier alpha value is -1.78. The molecule has 0 spiro atoms. The predicted molar refractivity (Wildman–Crippen MR) is 42.8 cm³/mol. The van der Waals surface area contributed by atoms with Crippen LogP contribution >= 0.6 is 0 Å². The van der Waals surface area contributed by atoms with Gasteiger partial charge < -0.3 is 9.30 Å². The van der Waals surface area contributed by atoms with Gasteiger partial charge in [-0.05, 0) is 12.1 Å². The van der Waals surface area contributed by atoms with Gasteiger partial charge in [0.25, 0.3) is 5.91 Å². The van der Waals surface area contributed by atoms with Crippen molar-refractivity contribution >= 4 is 12.0 Å². The van der Waals surface area contributed by atoms with E-state index >= 15 is 0 Å². The molecule has 1 aliphatic rings. The summed E-state index contributed by atoms with van der Waals surface area (Å²) >= 11 is 0. The quantitative estimate of drug-likeness (QED) is 0.677. The second-order valence-electron chi connectivity index (χ2n) is 2.82. The lowest BCUT2D eigenvalue weighted by atomic mass is 10.2. The van der Waals surface area contributed by atoms with E-state index in [0.717, 1.165) is 0 Å². The molecule has 1 aromatic rings. The standard InChI is InChI=1S/C8H8N2O3/c1-10-4-2-3-5(10)6-7(11)9-8(12)13-6/h2-4,6H,1H3,(H,9,11,12). The van der Waals surface area contributed by atoms with Crippen LogP contribution < -0.4 is 5.32 Å². The van der Waals surface area contributed by atoms with E-state index in [1.807, 2.05) is 0 Å². The van der Waals surface area contributed by atoms with Crippen LogP contribution in [0, 0.1) is 0 Å². The summed E-state index contributed by atoms with van der Waals surface area (Å²) in [6.07, 6.45) is 0.304. The molecule has 68 valence electrons. The van der Waals surface area contributed by atoms with Crippen LogP contribution in [0.5, 0.6) is 0 Å². The van der Waals surface area contributed by atoms with Gasteiger partial charge in [-0.25, -0.2) is 4.79 Å². The van der Waals surface area contributed by atoms with Gasteiger partial charge in [-0.1, -0.05) is 0 Å². The zero-order valence-electron chi connectivity index (χ0n) is 6.98. The summed E-state index contributed by atoms with van der Waals surface area (Å²) in [7, 11) is 1.79. The first-order valence-electron chi connectivity index (χ1n) is 3.81. The molecule has 5 heteroatoms. The highest BCUT2D eigenvalue weighted by atomic mass is 16.6. The molecule has 1 aliphatic heterocycles. The Morgan fingerprint density at radius 3 is 2.77 bits per heavy atom. The van der Waals surface area contributed by atoms with Crippen molar-refractivity contribution in [2.45, 2.75) is 6.10 Å². The highest BCUT2D eigenvalue weighted by Crippen LogP contribution is 2.21. The van der Waals surface area contributed by atoms with E-state index in [-0.39, 0.29) is 0 Å². The summed E-state index contributed by atoms with van der Waals surface area (Å²) in [4.78, 5) is 21.9. The first kappa shape index (κ1) is 7.85. The first-order chi connectivity index (χ1) is 6.18. The molecule has 0 saturated carbocycles. The van der Waals surface area contributed by atoms with Gasteiger partial charge in [0.2, 0.25) is 6.10 Å². The second-order valence-corrected chi connectivity index (χ2v) is 2.82. The summed E-state index contributed by atoms with van der Waals surface area (Å²) in [5.41, 5.74) is 0.670. The van der Waals surface area contributed by atoms with Crippen LogP contribution in [0.3, 0.4) is 0 Å². The monoisotopic (exact) mass is 180 g/mol. The molecule has 2 heterocycles. The van der Waals surface area contributed by atoms with Crippen LogP contribution in [0.4, 0.5) is 4.79 Å². The lowest BCUT2D eigenvalue weighted by molar-refractivity contribution is -0.123. The van der Waals surface area contributed by atoms with Gasteiger partial charge in [-0.3, -0.25) is 10.1 Å². The number of ether oxygens (including phenoxy) is 1. The van der Waals surface area contributed by atoms with Crippen LogP contribution in [-0.4, -0.2) is 16.6 Å². The lowest BCUT2D eigenvalue weighted by Gasteiger charge is -2.06. The summed E-state index contributed by atoms with van der Waals surface area (Å²) in [6, 6.07) is 3.53. The summed E-state index contributed by atoms with van der Waals surface area (Å²) < 4.78 is 6.52. The third-order valence-corrected chi connectivity index (χ3v) is 1.94. The number of alkyl carbamates (subject to hydrolysis) is 1. The Morgan fingerprint density at radius 1 is 1.54 bits per heavy atom. The normalized spacial score (nSPS) is 21.5. The van der Waals surface area contributed by atoms with Crippen LogP contribution in [0.25, 0.3) is 0 Å². The maximum Gasteiger partial charge on any atom is 0.415 e. The predicted octanol–water partition coefficient (Wildman–Crippen LogP) is 0.333. The second kappa shape index (κ2) is 2.62. The maximum absolute atomic E-state index is 11.2. The molecule has 1 unspecified atom stereocenters. The highest BCUT2D eigenvalue weighted by Gasteiger charge is 2.34. The molecule has 2 amide bonds. The van der Waals surface area contributed by atoms with E-state index in [9.17, 15) is 9.59 Å². The molecule has 1 saturated heterocycles. The van der Waals surface area contributed by atoms with Crippen molar-refractivity contribution in [3.05, 3.63) is 24.0 Å². The number of cyclic esters (lactones) is 1. The molecule has 1 atom stereocenters. The van der Waals surface area contributed by atoms with E-state index in [0.29, 0.717) is 5.69 Å². The number of hydrogen-bond donors (Lipinski definition) is 1. The molecule has 0 bridgehead atoms. The summed E-state index contributed by atoms with van der Waals surface area (Å²) in [5, 5.41) is 2.07. The number of rotatable bonds is 1. The van der Waals surface area contributed by atoms with E-state index in [2.05, 4.69) is 5.32 Å². The lowest BCUT2D eigenvalue weighted by Crippen LogP contribution is -2.21. The molecular weight excluding hydrogens is 172 g/mol. The largest absolute Gasteiger partial charge is 0.429 e. The van der Waals surface area contributed by atoms with Gasteiger partial charge in [0.15, 0.2) is 0 Å². The number of nitrogens with one attached hydrogen (secondary N) is 1. The minimum absolute atomic E-state index is 0.410. The minimum atomic E-state index is -0.799. The number of aromatic nitrogens is 1. The molecule has 0 aliphatic carbocycles. The van der Waals surface area contributed by atoms with Crippen molar-refractivity contribution in [3.8, 4) is 0 Å². The Kier molecular flexibility index (Phi) is 1.58. The number of aryl methyl sites for hydroxylation is 1. The number of hydrogen-bond acceptors (Lipinski definition) is 3. The van der Waals surface area contributed by atoms with Crippen molar-refractivity contribution in [1.82, 2.24) is 9.88 Å². The van der Waals surface area contributed by atoms with Gasteiger partial charge in [0.05, 0.1) is 5.69 Å². The zero-order chi connectivity index (χ0) is 9.42. The molecular formula is C8H8N2O3. The smallest absolute Gasteiger partial charge is 0.415 e. The first-order valence-corrected chi connectivity index (χ1v) is 3.81. The highest BCUT2D eigenvalue weighted by molar-refractivity contribution is 6.00. The third-order valence-electron chi connectivity index (χ3n) is 1.94. The van der Waals surface area contributed by atoms with E-state index < -0.39 is 18.1 Å². The number of carbonyl (C=O) groups excluding carboxylic acids is 2. The SMILES string of the molecule is Cn1cccc1C1OC(=O)NC1=O. The molecule has 0 radical (unpaired) electrons. The fourth-order valence-corrected chi connectivity index (χ4v) is 1.30. The Bertz CT molecular complexity index is 369. The molecule has 1 fully saturated rings. The van der Waals surface area contributed by atoms with E-state index in [1.165, 1.54) is 0 Å². The number of nitrogens with zero attached hydrogens (tertiary/aromatic N) is 1. The van der Waals surface area contributed by atoms with Crippen molar-refractivity contribution in [2.24, 2.45) is 7.05 Å².